The van der Waals surface area contributed by atoms with Gasteiger partial charge in [-0.25, -0.2) is 9.97 Å². The Hall–Kier alpha value is -8.84. The molecule has 0 saturated carbocycles. The van der Waals surface area contributed by atoms with Crippen molar-refractivity contribution in [3.63, 3.8) is 0 Å². The molecule has 0 atom stereocenters. The lowest BCUT2D eigenvalue weighted by molar-refractivity contribution is 0.675. The van der Waals surface area contributed by atoms with E-state index >= 15 is 0 Å². The maximum absolute atomic E-state index is 7.41. The zero-order valence-corrected chi connectivity index (χ0v) is 38.6. The van der Waals surface area contributed by atoms with E-state index < -0.39 is 0 Å². The quantitative estimate of drug-likeness (QED) is 0.167. The molecule has 0 saturated heterocycles. The highest BCUT2D eigenvalue weighted by molar-refractivity contribution is 7.26. The molecule has 5 aromatic heterocycles. The fraction of sp³-hybridized carbons (Fsp3) is 0.0312. The van der Waals surface area contributed by atoms with Crippen molar-refractivity contribution in [3.05, 3.63) is 224 Å². The molecule has 0 spiro atoms. The van der Waals surface area contributed by atoms with Gasteiger partial charge in [-0.05, 0) is 84.6 Å². The van der Waals surface area contributed by atoms with E-state index in [2.05, 4.69) is 221 Å². The first-order valence-electron chi connectivity index (χ1n) is 24.0. The Morgan fingerprint density at radius 2 is 1.11 bits per heavy atom. The van der Waals surface area contributed by atoms with Gasteiger partial charge in [0.2, 0.25) is 0 Å². The number of furan rings is 1. The maximum Gasteiger partial charge on any atom is 0.160 e. The third-order valence-corrected chi connectivity index (χ3v) is 15.5. The van der Waals surface area contributed by atoms with Gasteiger partial charge in [-0.2, -0.15) is 0 Å². The van der Waals surface area contributed by atoms with Crippen LogP contribution in [0, 0.1) is 0 Å². The normalized spacial score (nSPS) is 13.1. The van der Waals surface area contributed by atoms with Gasteiger partial charge in [0.05, 0.1) is 49.1 Å². The average Bonchev–Trinajstić information content (AvgIpc) is 4.19. The van der Waals surface area contributed by atoms with Crippen molar-refractivity contribution in [2.45, 2.75) is 12.8 Å². The van der Waals surface area contributed by atoms with E-state index in [4.69, 9.17) is 14.4 Å². The van der Waals surface area contributed by atoms with E-state index in [1.807, 2.05) is 6.07 Å². The lowest BCUT2D eigenvalue weighted by atomic mass is 9.89. The Bertz CT molecular complexity index is 4510. The van der Waals surface area contributed by atoms with Crippen LogP contribution in [-0.2, 0) is 0 Å². The van der Waals surface area contributed by atoms with Crippen LogP contribution >= 0.6 is 11.3 Å². The van der Waals surface area contributed by atoms with Crippen molar-refractivity contribution >= 4 is 103 Å². The summed E-state index contributed by atoms with van der Waals surface area (Å²) < 4.78 is 14.6. The molecule has 1 aliphatic carbocycles. The van der Waals surface area contributed by atoms with Gasteiger partial charge >= 0.3 is 0 Å². The fourth-order valence-corrected chi connectivity index (χ4v) is 12.4. The summed E-state index contributed by atoms with van der Waals surface area (Å²) in [6.07, 6.45) is 9.01. The first kappa shape index (κ1) is 39.2. The Kier molecular flexibility index (Phi) is 8.59. The lowest BCUT2D eigenvalue weighted by Crippen LogP contribution is -2.04. The molecule has 5 nitrogen and oxygen atoms in total. The first-order chi connectivity index (χ1) is 34.7. The minimum atomic E-state index is 0.717. The largest absolute Gasteiger partial charge is 0.453 e. The number of aromatic nitrogens is 4. The van der Waals surface area contributed by atoms with E-state index in [1.165, 1.54) is 21.0 Å². The van der Waals surface area contributed by atoms with Crippen LogP contribution in [0.15, 0.2) is 223 Å². The van der Waals surface area contributed by atoms with E-state index in [0.29, 0.717) is 5.82 Å². The van der Waals surface area contributed by atoms with Crippen molar-refractivity contribution in [2.24, 2.45) is 0 Å². The van der Waals surface area contributed by atoms with Crippen LogP contribution < -0.4 is 0 Å². The lowest BCUT2D eigenvalue weighted by Gasteiger charge is -2.22. The molecular weight excluding hydrogens is 873 g/mol. The summed E-state index contributed by atoms with van der Waals surface area (Å²) in [5.74, 6) is 0.717. The summed E-state index contributed by atoms with van der Waals surface area (Å²) in [6.45, 7) is 0. The second-order valence-electron chi connectivity index (χ2n) is 18.3. The predicted octanol–water partition coefficient (Wildman–Crippen LogP) is 17.7. The molecule has 5 heterocycles. The Labute approximate surface area is 406 Å². The third kappa shape index (κ3) is 5.77. The molecule has 1 aliphatic rings. The average molecular weight is 913 g/mol. The summed E-state index contributed by atoms with van der Waals surface area (Å²) in [5, 5.41) is 7.94. The van der Waals surface area contributed by atoms with Crippen LogP contribution in [0.3, 0.4) is 0 Å². The summed E-state index contributed by atoms with van der Waals surface area (Å²) in [4.78, 5) is 10.8. The maximum atomic E-state index is 7.41. The first-order valence-corrected chi connectivity index (χ1v) is 24.8. The molecule has 15 rings (SSSR count). The minimum Gasteiger partial charge on any atom is -0.453 e. The molecule has 6 heteroatoms. The number of fused-ring (bicyclic) bond motifs is 14. The van der Waals surface area contributed by atoms with Crippen molar-refractivity contribution in [1.82, 2.24) is 19.1 Å². The summed E-state index contributed by atoms with van der Waals surface area (Å²) >= 11 is 1.77. The van der Waals surface area contributed by atoms with Crippen LogP contribution in [-0.4, -0.2) is 19.1 Å². The van der Waals surface area contributed by atoms with Crippen LogP contribution in [0.5, 0.6) is 0 Å². The third-order valence-electron chi connectivity index (χ3n) is 14.3. The van der Waals surface area contributed by atoms with Gasteiger partial charge in [-0.15, -0.1) is 11.3 Å². The molecule has 0 aliphatic heterocycles. The van der Waals surface area contributed by atoms with Gasteiger partial charge in [0.15, 0.2) is 11.4 Å². The number of thiophene rings is 1. The number of hydrogen-bond acceptors (Lipinski definition) is 4. The monoisotopic (exact) mass is 912 g/mol. The standard InChI is InChI=1S/C64H40N4OS/c1-5-19-39(20-6-1)50-37-42(57-63-58(49-29-15-18-32-55(49)70-63)66-64(65-57)41-23-9-3-10-24-41)38-51(40-21-7-2-8-22-40)59(50)68-53-31-17-14-28-48(53)56-54(68)36-35-46-47-34-33-45-44-27-13-16-30-52(44)67(43-25-11-4-12-26-43)60(45)62(47)69-61(46)56/h1,3-7,9-38H,2,8H2. The van der Waals surface area contributed by atoms with Crippen molar-refractivity contribution in [3.8, 4) is 45.1 Å². The molecule has 0 unspecified atom stereocenters. The molecule has 328 valence electrons. The zero-order chi connectivity index (χ0) is 45.9. The second-order valence-corrected chi connectivity index (χ2v) is 19.3. The number of rotatable bonds is 6. The van der Waals surface area contributed by atoms with Crippen LogP contribution in [0.4, 0.5) is 0 Å². The van der Waals surface area contributed by atoms with Crippen molar-refractivity contribution in [1.29, 1.82) is 0 Å². The number of nitrogens with zero attached hydrogens (tertiary/aromatic N) is 4. The van der Waals surface area contributed by atoms with Gasteiger partial charge < -0.3 is 13.6 Å². The number of allylic oxidation sites excluding steroid dienone is 4. The van der Waals surface area contributed by atoms with E-state index in [0.717, 1.165) is 128 Å². The molecule has 0 radical (unpaired) electrons. The Morgan fingerprint density at radius 1 is 0.471 bits per heavy atom. The number of para-hydroxylation sites is 3. The highest BCUT2D eigenvalue weighted by Crippen LogP contribution is 2.49. The van der Waals surface area contributed by atoms with E-state index in [9.17, 15) is 0 Å². The minimum absolute atomic E-state index is 0.717. The molecular formula is C64H40N4OS. The van der Waals surface area contributed by atoms with Crippen LogP contribution in [0.25, 0.3) is 137 Å². The number of hydrogen-bond donors (Lipinski definition) is 0. The van der Waals surface area contributed by atoms with Crippen molar-refractivity contribution < 1.29 is 4.42 Å². The molecule has 14 aromatic rings. The molecule has 9 aromatic carbocycles. The van der Waals surface area contributed by atoms with Crippen molar-refractivity contribution in [2.75, 3.05) is 0 Å². The SMILES string of the molecule is C1=CC(c2cc(-c3nc(-c4ccccc4)nc4c3sc3ccccc34)cc(-c3ccccc3)c2-n2c3ccccc3c3c4oc5c(ccc6c7ccccc7n(-c7ccccc7)c65)c4ccc32)=CCC1. The topological polar surface area (TPSA) is 48.8 Å². The highest BCUT2D eigenvalue weighted by Gasteiger charge is 2.27. The van der Waals surface area contributed by atoms with Gasteiger partial charge in [0.1, 0.15) is 5.58 Å². The van der Waals surface area contributed by atoms with Gasteiger partial charge in [0, 0.05) is 65.0 Å². The van der Waals surface area contributed by atoms with Crippen LogP contribution in [0.2, 0.25) is 0 Å². The fourth-order valence-electron chi connectivity index (χ4n) is 11.3. The predicted molar refractivity (Wildman–Crippen MR) is 294 cm³/mol. The summed E-state index contributed by atoms with van der Waals surface area (Å²) in [7, 11) is 0. The number of benzene rings is 9. The van der Waals surface area contributed by atoms with Crippen LogP contribution in [0.1, 0.15) is 18.4 Å². The zero-order valence-electron chi connectivity index (χ0n) is 37.8. The highest BCUT2D eigenvalue weighted by atomic mass is 32.1. The van der Waals surface area contributed by atoms with Gasteiger partial charge in [0.25, 0.3) is 0 Å². The summed E-state index contributed by atoms with van der Waals surface area (Å²) in [5.41, 5.74) is 16.9. The molecule has 0 N–H and O–H groups in total. The molecule has 0 bridgehead atoms. The van der Waals surface area contributed by atoms with E-state index in [-0.39, 0.29) is 0 Å². The van der Waals surface area contributed by atoms with Gasteiger partial charge in [-0.1, -0.05) is 158 Å². The van der Waals surface area contributed by atoms with Gasteiger partial charge in [-0.3, -0.25) is 0 Å². The molecule has 0 amide bonds. The Balaban J connectivity index is 1.06. The molecule has 70 heavy (non-hydrogen) atoms. The molecule has 0 fully saturated rings. The summed E-state index contributed by atoms with van der Waals surface area (Å²) in [6, 6.07) is 71.9. The van der Waals surface area contributed by atoms with E-state index in [1.54, 1.807) is 11.3 Å². The smallest absolute Gasteiger partial charge is 0.160 e. The second kappa shape index (κ2) is 15.3. The Morgan fingerprint density at radius 3 is 1.90 bits per heavy atom.